The molecule has 0 aromatic heterocycles. The Morgan fingerprint density at radius 1 is 1.36 bits per heavy atom. The Morgan fingerprint density at radius 3 is 2.50 bits per heavy atom. The van der Waals surface area contributed by atoms with Gasteiger partial charge in [-0.15, -0.1) is 0 Å². The summed E-state index contributed by atoms with van der Waals surface area (Å²) in [5, 5.41) is 10.5. The standard InChI is InChI=1S/C12H16OS/c1-9-3-5-11(6-4-9)12(13)8-14-7-10(12)2/h3-6,10,13H,7-8H2,1-2H3/t10-,12+/m1/s1. The zero-order valence-corrected chi connectivity index (χ0v) is 9.47. The largest absolute Gasteiger partial charge is 0.384 e. The van der Waals surface area contributed by atoms with Gasteiger partial charge in [0.15, 0.2) is 0 Å². The Kier molecular flexibility index (Phi) is 2.58. The lowest BCUT2D eigenvalue weighted by Gasteiger charge is -2.27. The Hall–Kier alpha value is -0.470. The van der Waals surface area contributed by atoms with Crippen LogP contribution in [0.5, 0.6) is 0 Å². The van der Waals surface area contributed by atoms with Crippen molar-refractivity contribution in [3.63, 3.8) is 0 Å². The van der Waals surface area contributed by atoms with E-state index in [-0.39, 0.29) is 0 Å². The number of benzene rings is 1. The Labute approximate surface area is 89.5 Å². The second kappa shape index (κ2) is 3.59. The summed E-state index contributed by atoms with van der Waals surface area (Å²) >= 11 is 1.84. The molecule has 1 aliphatic rings. The van der Waals surface area contributed by atoms with E-state index in [1.54, 1.807) is 0 Å². The molecule has 2 atom stereocenters. The van der Waals surface area contributed by atoms with Crippen LogP contribution in [0, 0.1) is 12.8 Å². The third-order valence-corrected chi connectivity index (χ3v) is 4.44. The first-order chi connectivity index (χ1) is 6.63. The van der Waals surface area contributed by atoms with Crippen molar-refractivity contribution in [1.29, 1.82) is 0 Å². The molecule has 1 N–H and O–H groups in total. The maximum absolute atomic E-state index is 10.5. The van der Waals surface area contributed by atoms with Gasteiger partial charge in [0.1, 0.15) is 5.60 Å². The molecule has 0 saturated carbocycles. The number of thioether (sulfide) groups is 1. The number of aliphatic hydroxyl groups is 1. The molecule has 0 spiro atoms. The average molecular weight is 208 g/mol. The van der Waals surface area contributed by atoms with Crippen LogP contribution in [0.3, 0.4) is 0 Å². The summed E-state index contributed by atoms with van der Waals surface area (Å²) in [6.07, 6.45) is 0. The number of hydrogen-bond acceptors (Lipinski definition) is 2. The van der Waals surface area contributed by atoms with Crippen molar-refractivity contribution in [3.8, 4) is 0 Å². The first kappa shape index (κ1) is 10.1. The van der Waals surface area contributed by atoms with Crippen LogP contribution in [-0.4, -0.2) is 16.6 Å². The topological polar surface area (TPSA) is 20.2 Å². The van der Waals surface area contributed by atoms with Crippen molar-refractivity contribution in [3.05, 3.63) is 35.4 Å². The second-order valence-corrected chi connectivity index (χ2v) is 5.24. The summed E-state index contributed by atoms with van der Waals surface area (Å²) in [6.45, 7) is 4.19. The van der Waals surface area contributed by atoms with E-state index in [4.69, 9.17) is 0 Å². The Balaban J connectivity index is 2.34. The molecule has 0 radical (unpaired) electrons. The van der Waals surface area contributed by atoms with Gasteiger partial charge >= 0.3 is 0 Å². The summed E-state index contributed by atoms with van der Waals surface area (Å²) in [5.41, 5.74) is 1.72. The molecule has 1 aliphatic heterocycles. The number of aryl methyl sites for hydroxylation is 1. The van der Waals surface area contributed by atoms with E-state index in [0.29, 0.717) is 5.92 Å². The molecular formula is C12H16OS. The van der Waals surface area contributed by atoms with Crippen LogP contribution in [0.2, 0.25) is 0 Å². The number of rotatable bonds is 1. The third kappa shape index (κ3) is 1.57. The van der Waals surface area contributed by atoms with E-state index >= 15 is 0 Å². The zero-order chi connectivity index (χ0) is 10.2. The van der Waals surface area contributed by atoms with Crippen LogP contribution < -0.4 is 0 Å². The molecule has 0 amide bonds. The lowest BCUT2D eigenvalue weighted by molar-refractivity contribution is 0.0234. The van der Waals surface area contributed by atoms with Crippen LogP contribution >= 0.6 is 11.8 Å². The predicted octanol–water partition coefficient (Wildman–Crippen LogP) is 2.57. The normalized spacial score (nSPS) is 32.1. The van der Waals surface area contributed by atoms with E-state index in [0.717, 1.165) is 17.1 Å². The van der Waals surface area contributed by atoms with Crippen molar-refractivity contribution in [2.45, 2.75) is 19.4 Å². The summed E-state index contributed by atoms with van der Waals surface area (Å²) < 4.78 is 0. The minimum Gasteiger partial charge on any atom is -0.384 e. The highest BCUT2D eigenvalue weighted by atomic mass is 32.2. The van der Waals surface area contributed by atoms with Gasteiger partial charge in [-0.2, -0.15) is 11.8 Å². The summed E-state index contributed by atoms with van der Waals surface area (Å²) in [4.78, 5) is 0. The van der Waals surface area contributed by atoms with Crippen molar-refractivity contribution in [2.24, 2.45) is 5.92 Å². The molecule has 2 rings (SSSR count). The minimum absolute atomic E-state index is 0.357. The lowest BCUT2D eigenvalue weighted by atomic mass is 9.85. The fraction of sp³-hybridized carbons (Fsp3) is 0.500. The smallest absolute Gasteiger partial charge is 0.102 e. The van der Waals surface area contributed by atoms with Crippen molar-refractivity contribution >= 4 is 11.8 Å². The second-order valence-electron chi connectivity index (χ2n) is 4.21. The number of hydrogen-bond donors (Lipinski definition) is 1. The molecule has 0 aliphatic carbocycles. The third-order valence-electron chi connectivity index (χ3n) is 3.06. The highest BCUT2D eigenvalue weighted by Crippen LogP contribution is 2.41. The molecule has 0 bridgehead atoms. The van der Waals surface area contributed by atoms with Gasteiger partial charge in [-0.3, -0.25) is 0 Å². The molecule has 76 valence electrons. The fourth-order valence-corrected chi connectivity index (χ4v) is 3.39. The summed E-state index contributed by atoms with van der Waals surface area (Å²) in [6, 6.07) is 8.25. The van der Waals surface area contributed by atoms with E-state index in [1.165, 1.54) is 5.56 Å². The first-order valence-electron chi connectivity index (χ1n) is 5.00. The van der Waals surface area contributed by atoms with Gasteiger partial charge in [-0.1, -0.05) is 36.8 Å². The quantitative estimate of drug-likeness (QED) is 0.765. The molecular weight excluding hydrogens is 192 g/mol. The van der Waals surface area contributed by atoms with Gasteiger partial charge in [-0.05, 0) is 24.2 Å². The van der Waals surface area contributed by atoms with Crippen molar-refractivity contribution in [2.75, 3.05) is 11.5 Å². The lowest BCUT2D eigenvalue weighted by Crippen LogP contribution is -2.32. The first-order valence-corrected chi connectivity index (χ1v) is 6.15. The molecule has 1 saturated heterocycles. The Bertz CT molecular complexity index is 320. The minimum atomic E-state index is -0.599. The van der Waals surface area contributed by atoms with Crippen molar-refractivity contribution in [1.82, 2.24) is 0 Å². The van der Waals surface area contributed by atoms with Crippen LogP contribution in [0.1, 0.15) is 18.1 Å². The predicted molar refractivity (Wildman–Crippen MR) is 61.6 cm³/mol. The van der Waals surface area contributed by atoms with Crippen LogP contribution in [0.25, 0.3) is 0 Å². The highest BCUT2D eigenvalue weighted by molar-refractivity contribution is 7.99. The molecule has 1 aromatic carbocycles. The molecule has 1 nitrogen and oxygen atoms in total. The van der Waals surface area contributed by atoms with Gasteiger partial charge in [0.2, 0.25) is 0 Å². The fourth-order valence-electron chi connectivity index (χ4n) is 1.88. The maximum Gasteiger partial charge on any atom is 0.102 e. The van der Waals surface area contributed by atoms with Crippen LogP contribution in [0.15, 0.2) is 24.3 Å². The molecule has 1 heterocycles. The van der Waals surface area contributed by atoms with Crippen LogP contribution in [0.4, 0.5) is 0 Å². The van der Waals surface area contributed by atoms with Gasteiger partial charge in [0.25, 0.3) is 0 Å². The van der Waals surface area contributed by atoms with Crippen LogP contribution in [-0.2, 0) is 5.60 Å². The van der Waals surface area contributed by atoms with E-state index in [1.807, 2.05) is 11.8 Å². The van der Waals surface area contributed by atoms with Gasteiger partial charge in [-0.25, -0.2) is 0 Å². The van der Waals surface area contributed by atoms with E-state index < -0.39 is 5.60 Å². The monoisotopic (exact) mass is 208 g/mol. The molecule has 2 heteroatoms. The van der Waals surface area contributed by atoms with Gasteiger partial charge in [0.05, 0.1) is 0 Å². The maximum atomic E-state index is 10.5. The summed E-state index contributed by atoms with van der Waals surface area (Å²) in [5.74, 6) is 2.25. The SMILES string of the molecule is Cc1ccc([C@]2(O)CSC[C@H]2C)cc1. The van der Waals surface area contributed by atoms with Gasteiger partial charge < -0.3 is 5.11 Å². The highest BCUT2D eigenvalue weighted by Gasteiger charge is 2.40. The zero-order valence-electron chi connectivity index (χ0n) is 8.66. The molecule has 1 fully saturated rings. The Morgan fingerprint density at radius 2 is 2.00 bits per heavy atom. The van der Waals surface area contributed by atoms with E-state index in [9.17, 15) is 5.11 Å². The molecule has 1 aromatic rings. The van der Waals surface area contributed by atoms with E-state index in [2.05, 4.69) is 38.1 Å². The van der Waals surface area contributed by atoms with Gasteiger partial charge in [0, 0.05) is 5.75 Å². The van der Waals surface area contributed by atoms with Crippen molar-refractivity contribution < 1.29 is 5.11 Å². The summed E-state index contributed by atoms with van der Waals surface area (Å²) in [7, 11) is 0. The average Bonchev–Trinajstić information content (AvgIpc) is 2.49. The molecule has 14 heavy (non-hydrogen) atoms. The molecule has 0 unspecified atom stereocenters.